The quantitative estimate of drug-likeness (QED) is 0.356. The maximum absolute atomic E-state index is 12.0. The summed E-state index contributed by atoms with van der Waals surface area (Å²) in [6, 6.07) is 2.30. The zero-order valence-corrected chi connectivity index (χ0v) is 28.6. The van der Waals surface area contributed by atoms with Crippen molar-refractivity contribution in [2.45, 2.75) is 60.0 Å². The van der Waals surface area contributed by atoms with Crippen LogP contribution in [-0.4, -0.2) is 94.1 Å². The van der Waals surface area contributed by atoms with E-state index in [2.05, 4.69) is 51.0 Å². The molecule has 0 aliphatic carbocycles. The predicted octanol–water partition coefficient (Wildman–Crippen LogP) is 4.84. The maximum Gasteiger partial charge on any atom is 0.238 e. The molecule has 3 aromatic heterocycles. The Morgan fingerprint density at radius 2 is 1.77 bits per heavy atom. The summed E-state index contributed by atoms with van der Waals surface area (Å²) in [4.78, 5) is 19.0. The summed E-state index contributed by atoms with van der Waals surface area (Å²) in [5.74, 6) is 1.68. The van der Waals surface area contributed by atoms with E-state index in [9.17, 15) is 8.42 Å². The highest BCUT2D eigenvalue weighted by atomic mass is 32.2. The number of nitrogens with one attached hydrogen (secondary N) is 2. The molecular weight excluding hydrogens is 587 g/mol. The van der Waals surface area contributed by atoms with Crippen molar-refractivity contribution in [3.8, 4) is 17.1 Å². The highest BCUT2D eigenvalue weighted by Crippen LogP contribution is 2.37. The molecule has 2 N–H and O–H groups in total. The van der Waals surface area contributed by atoms with Gasteiger partial charge in [-0.05, 0) is 50.3 Å². The Morgan fingerprint density at radius 1 is 1.12 bits per heavy atom. The molecule has 2 saturated heterocycles. The molecule has 0 bridgehead atoms. The molecular formula is C30H49N7O4S2. The van der Waals surface area contributed by atoms with Gasteiger partial charge in [-0.2, -0.15) is 0 Å². The number of nitrogens with zero attached hydrogens (tertiary/aromatic N) is 5. The lowest BCUT2D eigenvalue weighted by Gasteiger charge is -2.31. The number of aromatic nitrogens is 3. The van der Waals surface area contributed by atoms with Gasteiger partial charge < -0.3 is 19.7 Å². The van der Waals surface area contributed by atoms with Crippen molar-refractivity contribution >= 4 is 43.2 Å². The second kappa shape index (κ2) is 16.5. The van der Waals surface area contributed by atoms with E-state index >= 15 is 0 Å². The van der Waals surface area contributed by atoms with Gasteiger partial charge in [-0.15, -0.1) is 11.3 Å². The molecule has 11 nitrogen and oxygen atoms in total. The molecule has 43 heavy (non-hydrogen) atoms. The molecule has 0 radical (unpaired) electrons. The second-order valence-electron chi connectivity index (χ2n) is 11.1. The molecule has 0 spiro atoms. The van der Waals surface area contributed by atoms with Crippen LogP contribution in [0.15, 0.2) is 17.6 Å². The smallest absolute Gasteiger partial charge is 0.238 e. The molecule has 0 atom stereocenters. The van der Waals surface area contributed by atoms with Gasteiger partial charge in [0.2, 0.25) is 21.9 Å². The first-order valence-corrected chi connectivity index (χ1v) is 17.9. The molecule has 0 saturated carbocycles. The topological polar surface area (TPSA) is 122 Å². The monoisotopic (exact) mass is 635 g/mol. The number of anilines is 2. The summed E-state index contributed by atoms with van der Waals surface area (Å²) in [6.45, 7) is 16.1. The minimum Gasteiger partial charge on any atom is -0.480 e. The van der Waals surface area contributed by atoms with Gasteiger partial charge in [0.1, 0.15) is 5.69 Å². The van der Waals surface area contributed by atoms with Crippen LogP contribution in [0.25, 0.3) is 21.5 Å². The largest absolute Gasteiger partial charge is 0.480 e. The molecule has 0 amide bonds. The number of rotatable bonds is 8. The first-order valence-electron chi connectivity index (χ1n) is 15.1. The van der Waals surface area contributed by atoms with Crippen LogP contribution >= 0.6 is 11.3 Å². The second-order valence-corrected chi connectivity index (χ2v) is 13.8. The first-order chi connectivity index (χ1) is 20.6. The molecule has 3 aromatic rings. The van der Waals surface area contributed by atoms with Crippen molar-refractivity contribution < 1.29 is 17.9 Å². The van der Waals surface area contributed by atoms with Gasteiger partial charge in [0.25, 0.3) is 0 Å². The van der Waals surface area contributed by atoms with E-state index in [4.69, 9.17) is 19.4 Å². The number of thiophene rings is 1. The van der Waals surface area contributed by atoms with Crippen LogP contribution in [0.1, 0.15) is 53.0 Å². The Hall–Kier alpha value is -2.58. The third-order valence-electron chi connectivity index (χ3n) is 6.77. The molecule has 5 rings (SSSR count). The molecule has 0 aromatic carbocycles. The van der Waals surface area contributed by atoms with Crippen molar-refractivity contribution in [3.63, 3.8) is 0 Å². The van der Waals surface area contributed by atoms with E-state index in [1.165, 1.54) is 12.7 Å². The van der Waals surface area contributed by atoms with E-state index in [0.717, 1.165) is 60.6 Å². The minimum absolute atomic E-state index is 0.199. The van der Waals surface area contributed by atoms with Crippen molar-refractivity contribution in [1.82, 2.24) is 25.2 Å². The molecule has 2 aliphatic heterocycles. The van der Waals surface area contributed by atoms with Crippen LogP contribution in [0.2, 0.25) is 0 Å². The Bertz CT molecular complexity index is 1400. The summed E-state index contributed by atoms with van der Waals surface area (Å²) in [7, 11) is -0.0379. The number of morpholine rings is 1. The van der Waals surface area contributed by atoms with Crippen molar-refractivity contribution in [1.29, 1.82) is 0 Å². The van der Waals surface area contributed by atoms with Crippen LogP contribution in [0.4, 0.5) is 11.6 Å². The molecule has 0 unspecified atom stereocenters. The number of hydrogen-bond donors (Lipinski definition) is 2. The Morgan fingerprint density at radius 3 is 2.35 bits per heavy atom. The minimum atomic E-state index is -3.53. The number of methoxy groups -OCH3 is 1. The summed E-state index contributed by atoms with van der Waals surface area (Å²) in [6.07, 6.45) is 5.03. The van der Waals surface area contributed by atoms with Crippen LogP contribution < -0.4 is 19.7 Å². The summed E-state index contributed by atoms with van der Waals surface area (Å²) < 4.78 is 38.3. The Labute approximate surface area is 261 Å². The number of likely N-dealkylation sites (tertiary alicyclic amines) is 1. The number of fused-ring (bicyclic) bond motifs is 1. The van der Waals surface area contributed by atoms with Gasteiger partial charge >= 0.3 is 0 Å². The van der Waals surface area contributed by atoms with Crippen LogP contribution in [-0.2, 0) is 21.3 Å². The zero-order valence-electron chi connectivity index (χ0n) is 26.9. The van der Waals surface area contributed by atoms with E-state index in [-0.39, 0.29) is 11.6 Å². The average Bonchev–Trinajstić information content (AvgIpc) is 3.40. The van der Waals surface area contributed by atoms with Crippen LogP contribution in [0.5, 0.6) is 5.88 Å². The third-order valence-corrected chi connectivity index (χ3v) is 8.39. The maximum atomic E-state index is 12.0. The molecule has 5 heterocycles. The molecule has 240 valence electrons. The summed E-state index contributed by atoms with van der Waals surface area (Å²) in [5.41, 5.74) is 3.80. The first kappa shape index (κ1) is 34.9. The standard InChI is InChI=1S/C24H33N7O4S2.C4H10.C2H6/c1-25-18-4-6-30(7-5-18)14-17-15-36-22-20(27-24(28-21(17)22)31-8-10-35-11-9-31)16-12-19(29-37(3,32)33)23(34-2)26-13-16;1-4(2)3;1-2/h12-13,15,18,25,29H,4-11,14H2,1-3H3;4H,1-3H3;1-2H3. The molecule has 13 heteroatoms. The van der Waals surface area contributed by atoms with E-state index < -0.39 is 10.0 Å². The van der Waals surface area contributed by atoms with Crippen molar-refractivity contribution in [3.05, 3.63) is 23.2 Å². The highest BCUT2D eigenvalue weighted by Gasteiger charge is 2.24. The lowest BCUT2D eigenvalue weighted by atomic mass is 10.0. The summed E-state index contributed by atoms with van der Waals surface area (Å²) >= 11 is 1.61. The lowest BCUT2D eigenvalue weighted by Crippen LogP contribution is -2.40. The van der Waals surface area contributed by atoms with Gasteiger partial charge in [0, 0.05) is 43.0 Å². The Balaban J connectivity index is 0.000000780. The van der Waals surface area contributed by atoms with Crippen LogP contribution in [0, 0.1) is 5.92 Å². The van der Waals surface area contributed by atoms with Crippen molar-refractivity contribution in [2.24, 2.45) is 5.92 Å². The fraction of sp³-hybridized carbons (Fsp3) is 0.633. The van der Waals surface area contributed by atoms with Crippen molar-refractivity contribution in [2.75, 3.05) is 69.4 Å². The Kier molecular flexibility index (Phi) is 13.4. The fourth-order valence-electron chi connectivity index (χ4n) is 4.80. The average molecular weight is 636 g/mol. The zero-order chi connectivity index (χ0) is 31.6. The number of sulfonamides is 1. The van der Waals surface area contributed by atoms with Crippen LogP contribution in [0.3, 0.4) is 0 Å². The van der Waals surface area contributed by atoms with Gasteiger partial charge in [0.15, 0.2) is 0 Å². The fourth-order valence-corrected chi connectivity index (χ4v) is 6.36. The number of pyridine rings is 1. The number of piperidine rings is 1. The van der Waals surface area contributed by atoms with Gasteiger partial charge in [0.05, 0.1) is 42.5 Å². The van der Waals surface area contributed by atoms with E-state index in [0.29, 0.717) is 43.9 Å². The molecule has 2 fully saturated rings. The van der Waals surface area contributed by atoms with Gasteiger partial charge in [-0.1, -0.05) is 34.6 Å². The van der Waals surface area contributed by atoms with Gasteiger partial charge in [-0.25, -0.2) is 23.4 Å². The lowest BCUT2D eigenvalue weighted by molar-refractivity contribution is 0.122. The SMILES string of the molecule is CC.CC(C)C.CNC1CCN(Cc2csc3c(-c4cnc(OC)c(NS(C)(=O)=O)c4)nc(N4CCOCC4)nc23)CC1. The van der Waals surface area contributed by atoms with E-state index in [1.807, 2.05) is 20.9 Å². The third kappa shape index (κ3) is 9.97. The molecule has 2 aliphatic rings. The van der Waals surface area contributed by atoms with E-state index in [1.54, 1.807) is 23.6 Å². The normalized spacial score (nSPS) is 16.3. The highest BCUT2D eigenvalue weighted by molar-refractivity contribution is 7.92. The predicted molar refractivity (Wildman–Crippen MR) is 178 cm³/mol. The van der Waals surface area contributed by atoms with Gasteiger partial charge in [-0.3, -0.25) is 9.62 Å². The summed E-state index contributed by atoms with van der Waals surface area (Å²) in [5, 5.41) is 5.56. The number of hydrogen-bond acceptors (Lipinski definition) is 11. The number of ether oxygens (including phenoxy) is 2.